The summed E-state index contributed by atoms with van der Waals surface area (Å²) in [7, 11) is 4.05. The number of nitrogens with one attached hydrogen (secondary N) is 1. The summed E-state index contributed by atoms with van der Waals surface area (Å²) in [5, 5.41) is 1.99. The Hall–Kier alpha value is -2.73. The smallest absolute Gasteiger partial charge is 0.290 e. The van der Waals surface area contributed by atoms with Crippen molar-refractivity contribution in [1.82, 2.24) is 5.32 Å². The number of amides is 2. The lowest BCUT2D eigenvalue weighted by Crippen LogP contribution is -2.18. The van der Waals surface area contributed by atoms with Gasteiger partial charge in [-0.3, -0.25) is 14.9 Å². The van der Waals surface area contributed by atoms with Crippen LogP contribution in [0.5, 0.6) is 5.75 Å². The van der Waals surface area contributed by atoms with Crippen molar-refractivity contribution in [3.63, 3.8) is 0 Å². The molecule has 1 saturated heterocycles. The highest BCUT2D eigenvalue weighted by atomic mass is 32.2. The van der Waals surface area contributed by atoms with Crippen LogP contribution >= 0.6 is 11.8 Å². The summed E-state index contributed by atoms with van der Waals surface area (Å²) in [6, 6.07) is 10.7. The van der Waals surface area contributed by atoms with Gasteiger partial charge < -0.3 is 9.64 Å². The first-order valence-electron chi connectivity index (χ1n) is 10.9. The number of nitrogens with zero attached hydrogens (tertiary/aromatic N) is 1. The summed E-state index contributed by atoms with van der Waals surface area (Å²) in [4.78, 5) is 26.1. The number of carbonyl (C=O) groups is 2. The third-order valence-corrected chi connectivity index (χ3v) is 6.64. The van der Waals surface area contributed by atoms with Crippen molar-refractivity contribution in [1.29, 1.82) is 0 Å². The zero-order chi connectivity index (χ0) is 23.2. The first-order chi connectivity index (χ1) is 15.0. The van der Waals surface area contributed by atoms with Crippen LogP contribution in [-0.4, -0.2) is 31.8 Å². The predicted molar refractivity (Wildman–Crippen MR) is 132 cm³/mol. The molecule has 2 aromatic carbocycles. The second-order valence-corrected chi connectivity index (χ2v) is 10.8. The molecule has 2 aromatic rings. The molecular weight excluding hydrogens is 420 g/mol. The molecule has 2 aliphatic heterocycles. The standard InChI is InChI=1S/C26H30N2O3S/c1-15(2)9-17-11-19(23-20(12-17)26(3,4)14-31-23)18-10-16(7-8-21(18)28(5)6)13-22-24(29)27-25(30)32-22/h7-8,10-13,15H,9,14H2,1-6H3,(H,27,29,30). The van der Waals surface area contributed by atoms with Crippen LogP contribution in [0.3, 0.4) is 0 Å². The highest BCUT2D eigenvalue weighted by Gasteiger charge is 2.35. The summed E-state index contributed by atoms with van der Waals surface area (Å²) < 4.78 is 6.25. The molecule has 168 valence electrons. The number of imide groups is 1. The maximum absolute atomic E-state index is 12.0. The van der Waals surface area contributed by atoms with Crippen LogP contribution in [0.1, 0.15) is 44.4 Å². The Kier molecular flexibility index (Phi) is 5.84. The van der Waals surface area contributed by atoms with Gasteiger partial charge in [-0.15, -0.1) is 0 Å². The van der Waals surface area contributed by atoms with Gasteiger partial charge in [0.15, 0.2) is 0 Å². The van der Waals surface area contributed by atoms with Crippen LogP contribution in [0.25, 0.3) is 17.2 Å². The van der Waals surface area contributed by atoms with Crippen molar-refractivity contribution in [3.05, 3.63) is 51.9 Å². The van der Waals surface area contributed by atoms with E-state index in [0.29, 0.717) is 17.4 Å². The van der Waals surface area contributed by atoms with Crippen LogP contribution in [0.4, 0.5) is 10.5 Å². The molecule has 1 N–H and O–H groups in total. The third kappa shape index (κ3) is 4.29. The quantitative estimate of drug-likeness (QED) is 0.600. The predicted octanol–water partition coefficient (Wildman–Crippen LogP) is 5.61. The maximum atomic E-state index is 12.0. The van der Waals surface area contributed by atoms with E-state index in [1.54, 1.807) is 6.08 Å². The van der Waals surface area contributed by atoms with Gasteiger partial charge in [0.1, 0.15) is 5.75 Å². The monoisotopic (exact) mass is 450 g/mol. The fraction of sp³-hybridized carbons (Fsp3) is 0.385. The summed E-state index contributed by atoms with van der Waals surface area (Å²) in [5.74, 6) is 1.15. The van der Waals surface area contributed by atoms with E-state index in [1.807, 2.05) is 20.2 Å². The van der Waals surface area contributed by atoms with Crippen molar-refractivity contribution in [3.8, 4) is 16.9 Å². The lowest BCUT2D eigenvalue weighted by atomic mass is 9.83. The van der Waals surface area contributed by atoms with Gasteiger partial charge in [0.05, 0.1) is 11.5 Å². The Morgan fingerprint density at radius 2 is 1.91 bits per heavy atom. The number of carbonyl (C=O) groups excluding carboxylic acids is 2. The van der Waals surface area contributed by atoms with Gasteiger partial charge in [0, 0.05) is 41.9 Å². The van der Waals surface area contributed by atoms with Gasteiger partial charge in [-0.2, -0.15) is 0 Å². The van der Waals surface area contributed by atoms with Crippen molar-refractivity contribution in [2.24, 2.45) is 5.92 Å². The van der Waals surface area contributed by atoms with Crippen LogP contribution in [-0.2, 0) is 16.6 Å². The average molecular weight is 451 g/mol. The fourth-order valence-electron chi connectivity index (χ4n) is 4.29. The van der Waals surface area contributed by atoms with Gasteiger partial charge in [-0.05, 0) is 59.5 Å². The van der Waals surface area contributed by atoms with Crippen LogP contribution < -0.4 is 15.0 Å². The van der Waals surface area contributed by atoms with E-state index in [9.17, 15) is 9.59 Å². The summed E-state index contributed by atoms with van der Waals surface area (Å²) in [6.45, 7) is 9.57. The first kappa shape index (κ1) is 22.5. The molecule has 32 heavy (non-hydrogen) atoms. The second kappa shape index (κ2) is 8.32. The highest BCUT2D eigenvalue weighted by molar-refractivity contribution is 8.18. The Morgan fingerprint density at radius 1 is 1.16 bits per heavy atom. The minimum atomic E-state index is -0.344. The molecule has 0 aliphatic carbocycles. The largest absolute Gasteiger partial charge is 0.492 e. The van der Waals surface area contributed by atoms with E-state index >= 15 is 0 Å². The Balaban J connectivity index is 1.90. The average Bonchev–Trinajstić information content (AvgIpc) is 3.18. The zero-order valence-corrected chi connectivity index (χ0v) is 20.4. The molecular formula is C26H30N2O3S. The van der Waals surface area contributed by atoms with Gasteiger partial charge in [0.2, 0.25) is 0 Å². The number of fused-ring (bicyclic) bond motifs is 1. The fourth-order valence-corrected chi connectivity index (χ4v) is 4.97. The van der Waals surface area contributed by atoms with Crippen LogP contribution in [0.15, 0.2) is 35.2 Å². The van der Waals surface area contributed by atoms with E-state index in [1.165, 1.54) is 11.1 Å². The van der Waals surface area contributed by atoms with Crippen LogP contribution in [0.2, 0.25) is 0 Å². The van der Waals surface area contributed by atoms with Crippen molar-refractivity contribution >= 4 is 34.7 Å². The maximum Gasteiger partial charge on any atom is 0.290 e. The number of thioether (sulfide) groups is 1. The highest BCUT2D eigenvalue weighted by Crippen LogP contribution is 2.48. The number of hydrogen-bond acceptors (Lipinski definition) is 5. The molecule has 2 amide bonds. The van der Waals surface area contributed by atoms with E-state index in [0.717, 1.165) is 46.3 Å². The molecule has 6 heteroatoms. The molecule has 0 saturated carbocycles. The Morgan fingerprint density at radius 3 is 2.53 bits per heavy atom. The lowest BCUT2D eigenvalue weighted by molar-refractivity contribution is -0.115. The van der Waals surface area contributed by atoms with E-state index in [-0.39, 0.29) is 16.6 Å². The van der Waals surface area contributed by atoms with Crippen LogP contribution in [0, 0.1) is 5.92 Å². The minimum absolute atomic E-state index is 0.0477. The van der Waals surface area contributed by atoms with Crippen molar-refractivity contribution in [2.45, 2.75) is 39.5 Å². The summed E-state index contributed by atoms with van der Waals surface area (Å²) in [5.41, 5.74) is 6.58. The Bertz CT molecular complexity index is 1130. The number of hydrogen-bond donors (Lipinski definition) is 1. The molecule has 2 heterocycles. The normalized spacial score (nSPS) is 18.2. The zero-order valence-electron chi connectivity index (χ0n) is 19.5. The number of rotatable bonds is 5. The molecule has 2 aliphatic rings. The first-order valence-corrected chi connectivity index (χ1v) is 11.7. The van der Waals surface area contributed by atoms with Crippen molar-refractivity contribution in [2.75, 3.05) is 25.6 Å². The molecule has 0 unspecified atom stereocenters. The number of benzene rings is 2. The third-order valence-electron chi connectivity index (χ3n) is 5.83. The molecule has 1 fully saturated rings. The molecule has 4 rings (SSSR count). The molecule has 5 nitrogen and oxygen atoms in total. The molecule has 0 atom stereocenters. The lowest BCUT2D eigenvalue weighted by Gasteiger charge is -2.22. The van der Waals surface area contributed by atoms with Gasteiger partial charge in [0.25, 0.3) is 11.1 Å². The van der Waals surface area contributed by atoms with Crippen molar-refractivity contribution < 1.29 is 14.3 Å². The van der Waals surface area contributed by atoms with Gasteiger partial charge >= 0.3 is 0 Å². The SMILES string of the molecule is CC(C)Cc1cc(-c2cc(C=C3SC(=O)NC3=O)ccc2N(C)C)c2c(c1)C(C)(C)CO2. The molecule has 0 spiro atoms. The summed E-state index contributed by atoms with van der Waals surface area (Å²) in [6.07, 6.45) is 2.77. The van der Waals surface area contributed by atoms with E-state index < -0.39 is 0 Å². The number of anilines is 1. The Labute approximate surface area is 194 Å². The molecule has 0 aromatic heterocycles. The van der Waals surface area contributed by atoms with E-state index in [4.69, 9.17) is 4.74 Å². The summed E-state index contributed by atoms with van der Waals surface area (Å²) >= 11 is 0.936. The number of ether oxygens (including phenoxy) is 1. The van der Waals surface area contributed by atoms with Gasteiger partial charge in [-0.1, -0.05) is 39.8 Å². The topological polar surface area (TPSA) is 58.6 Å². The minimum Gasteiger partial charge on any atom is -0.492 e. The van der Waals surface area contributed by atoms with E-state index in [2.05, 4.69) is 62.2 Å². The molecule has 0 radical (unpaired) electrons. The second-order valence-electron chi connectivity index (χ2n) is 9.81. The molecule has 0 bridgehead atoms. The van der Waals surface area contributed by atoms with Gasteiger partial charge in [-0.25, -0.2) is 0 Å².